The zero-order chi connectivity index (χ0) is 23.9. The monoisotopic (exact) mass is 468 g/mol. The summed E-state index contributed by atoms with van der Waals surface area (Å²) in [6.07, 6.45) is 1.28. The van der Waals surface area contributed by atoms with Gasteiger partial charge in [-0.3, -0.25) is 9.59 Å². The standard InChI is InChI=1S/C26H32N2O6/c29-17-19-5-1-2-6-20(19)22(30)8-10-25(31)27-21(16-28-11-3-4-12-28)26(32)18-7-9-23-24(15-18)34-14-13-33-23/h1-2,5-7,9,15,21,26,29,32H,3-4,8,10-14,16-17H2,(H,27,31). The highest BCUT2D eigenvalue weighted by Gasteiger charge is 2.28. The van der Waals surface area contributed by atoms with Gasteiger partial charge in [0.15, 0.2) is 17.3 Å². The Morgan fingerprint density at radius 2 is 1.74 bits per heavy atom. The van der Waals surface area contributed by atoms with Crippen molar-refractivity contribution < 1.29 is 29.3 Å². The predicted octanol–water partition coefficient (Wildman–Crippen LogP) is 2.23. The summed E-state index contributed by atoms with van der Waals surface area (Å²) in [6, 6.07) is 11.6. The van der Waals surface area contributed by atoms with Crippen molar-refractivity contribution in [1.82, 2.24) is 10.2 Å². The third-order valence-corrected chi connectivity index (χ3v) is 6.36. The number of Topliss-reactive ketones (excluding diaryl/α,β-unsaturated/α-hetero) is 1. The number of carbonyl (C=O) groups is 2. The molecule has 2 unspecified atom stereocenters. The van der Waals surface area contributed by atoms with Crippen LogP contribution in [0.3, 0.4) is 0 Å². The Kier molecular flexibility index (Phi) is 8.16. The summed E-state index contributed by atoms with van der Waals surface area (Å²) in [6.45, 7) is 3.08. The first kappa shape index (κ1) is 24.2. The van der Waals surface area contributed by atoms with Gasteiger partial charge in [0.1, 0.15) is 19.3 Å². The molecule has 2 aromatic carbocycles. The summed E-state index contributed by atoms with van der Waals surface area (Å²) in [5.74, 6) is 0.741. The summed E-state index contributed by atoms with van der Waals surface area (Å²) in [4.78, 5) is 27.6. The van der Waals surface area contributed by atoms with Gasteiger partial charge in [0.05, 0.1) is 12.6 Å². The minimum atomic E-state index is -0.939. The van der Waals surface area contributed by atoms with E-state index >= 15 is 0 Å². The van der Waals surface area contributed by atoms with Crippen molar-refractivity contribution in [3.05, 3.63) is 59.2 Å². The minimum Gasteiger partial charge on any atom is -0.486 e. The van der Waals surface area contributed by atoms with E-state index in [1.54, 1.807) is 42.5 Å². The van der Waals surface area contributed by atoms with Crippen molar-refractivity contribution >= 4 is 11.7 Å². The first-order chi connectivity index (χ1) is 16.5. The Bertz CT molecular complexity index is 1000. The number of aliphatic hydroxyl groups excluding tert-OH is 2. The number of hydrogen-bond acceptors (Lipinski definition) is 7. The van der Waals surface area contributed by atoms with Crippen molar-refractivity contribution in [2.45, 2.75) is 44.4 Å². The van der Waals surface area contributed by atoms with E-state index in [1.165, 1.54) is 0 Å². The fourth-order valence-electron chi connectivity index (χ4n) is 4.51. The van der Waals surface area contributed by atoms with Crippen LogP contribution in [0.5, 0.6) is 11.5 Å². The number of ether oxygens (including phenoxy) is 2. The molecule has 2 aromatic rings. The summed E-state index contributed by atoms with van der Waals surface area (Å²) in [5.41, 5.74) is 1.62. The first-order valence-corrected chi connectivity index (χ1v) is 11.9. The molecule has 4 rings (SSSR count). The van der Waals surface area contributed by atoms with Crippen molar-refractivity contribution in [2.24, 2.45) is 0 Å². The molecule has 0 aliphatic carbocycles. The Morgan fingerprint density at radius 1 is 1.00 bits per heavy atom. The highest BCUT2D eigenvalue weighted by Crippen LogP contribution is 2.33. The lowest BCUT2D eigenvalue weighted by molar-refractivity contribution is -0.122. The van der Waals surface area contributed by atoms with E-state index in [2.05, 4.69) is 10.2 Å². The van der Waals surface area contributed by atoms with Gasteiger partial charge in [-0.2, -0.15) is 0 Å². The third kappa shape index (κ3) is 5.94. The van der Waals surface area contributed by atoms with Gasteiger partial charge >= 0.3 is 0 Å². The van der Waals surface area contributed by atoms with Crippen LogP contribution < -0.4 is 14.8 Å². The van der Waals surface area contributed by atoms with Gasteiger partial charge in [0.25, 0.3) is 0 Å². The molecule has 0 aromatic heterocycles. The van der Waals surface area contributed by atoms with Crippen LogP contribution in [0, 0.1) is 0 Å². The smallest absolute Gasteiger partial charge is 0.220 e. The van der Waals surface area contributed by atoms with Gasteiger partial charge in [-0.05, 0) is 49.2 Å². The van der Waals surface area contributed by atoms with E-state index in [-0.39, 0.29) is 31.1 Å². The summed E-state index contributed by atoms with van der Waals surface area (Å²) >= 11 is 0. The van der Waals surface area contributed by atoms with Crippen LogP contribution in [0.1, 0.15) is 53.3 Å². The van der Waals surface area contributed by atoms with E-state index < -0.39 is 12.1 Å². The fourth-order valence-corrected chi connectivity index (χ4v) is 4.51. The Labute approximate surface area is 199 Å². The molecule has 1 amide bonds. The van der Waals surface area contributed by atoms with Crippen molar-refractivity contribution in [3.63, 3.8) is 0 Å². The number of fused-ring (bicyclic) bond motifs is 1. The number of rotatable bonds is 10. The number of hydrogen-bond donors (Lipinski definition) is 3. The Hall–Kier alpha value is -2.94. The second-order valence-electron chi connectivity index (χ2n) is 8.77. The van der Waals surface area contributed by atoms with Gasteiger partial charge in [0, 0.05) is 24.9 Å². The molecule has 2 atom stereocenters. The van der Waals surface area contributed by atoms with E-state index in [1.807, 2.05) is 0 Å². The van der Waals surface area contributed by atoms with Crippen LogP contribution in [0.4, 0.5) is 0 Å². The van der Waals surface area contributed by atoms with Gasteiger partial charge in [0.2, 0.25) is 5.91 Å². The lowest BCUT2D eigenvalue weighted by Gasteiger charge is -2.29. The molecular formula is C26H32N2O6. The van der Waals surface area contributed by atoms with E-state index in [0.29, 0.717) is 47.9 Å². The molecule has 0 spiro atoms. The average molecular weight is 469 g/mol. The fraction of sp³-hybridized carbons (Fsp3) is 0.462. The van der Waals surface area contributed by atoms with Gasteiger partial charge in [-0.25, -0.2) is 0 Å². The molecule has 34 heavy (non-hydrogen) atoms. The number of aliphatic hydroxyl groups is 2. The normalized spacial score (nSPS) is 17.2. The molecule has 8 nitrogen and oxygen atoms in total. The zero-order valence-electron chi connectivity index (χ0n) is 19.2. The molecule has 0 saturated carbocycles. The molecule has 1 fully saturated rings. The maximum Gasteiger partial charge on any atom is 0.220 e. The summed E-state index contributed by atoms with van der Waals surface area (Å²) in [5, 5.41) is 23.6. The van der Waals surface area contributed by atoms with Crippen LogP contribution >= 0.6 is 0 Å². The summed E-state index contributed by atoms with van der Waals surface area (Å²) in [7, 11) is 0. The largest absolute Gasteiger partial charge is 0.486 e. The minimum absolute atomic E-state index is 0.00293. The number of carbonyl (C=O) groups excluding carboxylic acids is 2. The number of benzene rings is 2. The highest BCUT2D eigenvalue weighted by atomic mass is 16.6. The van der Waals surface area contributed by atoms with Crippen LogP contribution in [0.2, 0.25) is 0 Å². The number of nitrogens with one attached hydrogen (secondary N) is 1. The molecule has 2 heterocycles. The Morgan fingerprint density at radius 3 is 2.50 bits per heavy atom. The van der Waals surface area contributed by atoms with Crippen LogP contribution in [-0.2, 0) is 11.4 Å². The van der Waals surface area contributed by atoms with Gasteiger partial charge in [-0.15, -0.1) is 0 Å². The van der Waals surface area contributed by atoms with Gasteiger partial charge in [-0.1, -0.05) is 30.3 Å². The number of likely N-dealkylation sites (tertiary alicyclic amines) is 1. The second-order valence-corrected chi connectivity index (χ2v) is 8.77. The lowest BCUT2D eigenvalue weighted by Crippen LogP contribution is -2.46. The average Bonchev–Trinajstić information content (AvgIpc) is 3.39. The molecular weight excluding hydrogens is 436 g/mol. The van der Waals surface area contributed by atoms with Crippen LogP contribution in [0.15, 0.2) is 42.5 Å². The number of nitrogens with zero attached hydrogens (tertiary/aromatic N) is 1. The molecule has 2 aliphatic rings. The Balaban J connectivity index is 1.42. The quantitative estimate of drug-likeness (QED) is 0.459. The number of ketones is 1. The third-order valence-electron chi connectivity index (χ3n) is 6.36. The van der Waals surface area contributed by atoms with Crippen molar-refractivity contribution in [1.29, 1.82) is 0 Å². The van der Waals surface area contributed by atoms with Crippen LogP contribution in [0.25, 0.3) is 0 Å². The molecule has 182 valence electrons. The lowest BCUT2D eigenvalue weighted by atomic mass is 9.99. The molecule has 2 aliphatic heterocycles. The molecule has 1 saturated heterocycles. The van der Waals surface area contributed by atoms with Crippen LogP contribution in [-0.4, -0.2) is 65.7 Å². The highest BCUT2D eigenvalue weighted by molar-refractivity contribution is 5.99. The summed E-state index contributed by atoms with van der Waals surface area (Å²) < 4.78 is 11.2. The first-order valence-electron chi connectivity index (χ1n) is 11.9. The molecule has 3 N–H and O–H groups in total. The topological polar surface area (TPSA) is 108 Å². The predicted molar refractivity (Wildman–Crippen MR) is 126 cm³/mol. The maximum absolute atomic E-state index is 12.8. The SMILES string of the molecule is O=C(CCC(=O)c1ccccc1CO)NC(CN1CCCC1)C(O)c1ccc2c(c1)OCCO2. The second kappa shape index (κ2) is 11.5. The molecule has 8 heteroatoms. The van der Waals surface area contributed by atoms with E-state index in [9.17, 15) is 19.8 Å². The maximum atomic E-state index is 12.8. The van der Waals surface area contributed by atoms with Crippen molar-refractivity contribution in [2.75, 3.05) is 32.8 Å². The molecule has 0 bridgehead atoms. The molecule has 0 radical (unpaired) electrons. The zero-order valence-corrected chi connectivity index (χ0v) is 19.2. The van der Waals surface area contributed by atoms with Gasteiger partial charge < -0.3 is 29.9 Å². The van der Waals surface area contributed by atoms with E-state index in [0.717, 1.165) is 25.9 Å². The van der Waals surface area contributed by atoms with Crippen molar-refractivity contribution in [3.8, 4) is 11.5 Å². The number of amides is 1. The van der Waals surface area contributed by atoms with E-state index in [4.69, 9.17) is 9.47 Å².